The molecule has 0 radical (unpaired) electrons. The number of unbranched alkanes of at least 4 members (excludes halogenated alkanes) is 6. The first-order valence-corrected chi connectivity index (χ1v) is 7.31. The van der Waals surface area contributed by atoms with Gasteiger partial charge in [-0.15, -0.1) is 0 Å². The maximum Gasteiger partial charge on any atom is 0.337 e. The molecule has 0 aliphatic rings. The smallest absolute Gasteiger partial charge is 0.337 e. The summed E-state index contributed by atoms with van der Waals surface area (Å²) < 4.78 is 5.17. The number of carbonyl (C=O) groups excluding carboxylic acids is 1. The molecular formula is C15H30O3. The minimum Gasteiger partial charge on any atom is -0.461 e. The first kappa shape index (κ1) is 17.4. The van der Waals surface area contributed by atoms with Crippen molar-refractivity contribution in [1.82, 2.24) is 0 Å². The average molecular weight is 258 g/mol. The summed E-state index contributed by atoms with van der Waals surface area (Å²) in [7, 11) is 0. The highest BCUT2D eigenvalue weighted by atomic mass is 16.6. The minimum absolute atomic E-state index is 0.0976. The molecule has 0 aliphatic heterocycles. The lowest BCUT2D eigenvalue weighted by Gasteiger charge is -2.19. The molecule has 0 aromatic rings. The van der Waals surface area contributed by atoms with Crippen molar-refractivity contribution in [2.45, 2.75) is 90.8 Å². The third kappa shape index (κ3) is 9.46. The summed E-state index contributed by atoms with van der Waals surface area (Å²) in [5, 5.41) is 9.45. The van der Waals surface area contributed by atoms with Crippen LogP contribution < -0.4 is 0 Å². The van der Waals surface area contributed by atoms with Crippen molar-refractivity contribution in [2.75, 3.05) is 0 Å². The van der Waals surface area contributed by atoms with Gasteiger partial charge in [-0.2, -0.15) is 0 Å². The van der Waals surface area contributed by atoms with E-state index in [-0.39, 0.29) is 6.10 Å². The van der Waals surface area contributed by atoms with Gasteiger partial charge in [-0.3, -0.25) is 0 Å². The number of esters is 1. The molecule has 0 heterocycles. The largest absolute Gasteiger partial charge is 0.461 e. The maximum absolute atomic E-state index is 11.4. The minimum atomic E-state index is -1.38. The lowest BCUT2D eigenvalue weighted by Crippen LogP contribution is -2.35. The molecule has 0 aromatic heterocycles. The van der Waals surface area contributed by atoms with Gasteiger partial charge in [0, 0.05) is 0 Å². The molecule has 0 rings (SSSR count). The zero-order valence-corrected chi connectivity index (χ0v) is 12.5. The number of carbonyl (C=O) groups is 1. The number of hydrogen-bond donors (Lipinski definition) is 1. The molecule has 0 fully saturated rings. The maximum atomic E-state index is 11.4. The monoisotopic (exact) mass is 258 g/mol. The number of aliphatic hydroxyl groups is 1. The fourth-order valence-corrected chi connectivity index (χ4v) is 1.77. The molecule has 0 saturated heterocycles. The van der Waals surface area contributed by atoms with E-state index in [1.165, 1.54) is 52.4 Å². The van der Waals surface area contributed by atoms with Crippen molar-refractivity contribution in [3.8, 4) is 0 Å². The fourth-order valence-electron chi connectivity index (χ4n) is 1.77. The second-order valence-electron chi connectivity index (χ2n) is 5.68. The van der Waals surface area contributed by atoms with Gasteiger partial charge in [-0.25, -0.2) is 4.79 Å². The van der Waals surface area contributed by atoms with Crippen LogP contribution in [0.2, 0.25) is 0 Å². The van der Waals surface area contributed by atoms with E-state index in [1.54, 1.807) is 0 Å². The van der Waals surface area contributed by atoms with Gasteiger partial charge in [-0.1, -0.05) is 45.4 Å². The second kappa shape index (κ2) is 9.37. The van der Waals surface area contributed by atoms with Crippen LogP contribution in [0.4, 0.5) is 0 Å². The van der Waals surface area contributed by atoms with Crippen molar-refractivity contribution in [3.63, 3.8) is 0 Å². The molecule has 1 unspecified atom stereocenters. The first-order chi connectivity index (χ1) is 8.38. The molecule has 0 bridgehead atoms. The molecule has 108 valence electrons. The van der Waals surface area contributed by atoms with E-state index in [1.807, 2.05) is 6.92 Å². The quantitative estimate of drug-likeness (QED) is 0.478. The normalized spacial score (nSPS) is 13.4. The molecule has 0 spiro atoms. The van der Waals surface area contributed by atoms with E-state index in [0.29, 0.717) is 0 Å². The van der Waals surface area contributed by atoms with Crippen molar-refractivity contribution < 1.29 is 14.6 Å². The van der Waals surface area contributed by atoms with Gasteiger partial charge >= 0.3 is 5.97 Å². The van der Waals surface area contributed by atoms with Gasteiger partial charge in [0.1, 0.15) is 0 Å². The molecule has 0 aliphatic carbocycles. The van der Waals surface area contributed by atoms with Crippen LogP contribution in [0.5, 0.6) is 0 Å². The van der Waals surface area contributed by atoms with Crippen molar-refractivity contribution in [1.29, 1.82) is 0 Å². The van der Waals surface area contributed by atoms with Gasteiger partial charge < -0.3 is 9.84 Å². The topological polar surface area (TPSA) is 46.5 Å². The lowest BCUT2D eigenvalue weighted by atomic mass is 10.1. The third-order valence-corrected chi connectivity index (χ3v) is 3.02. The van der Waals surface area contributed by atoms with E-state index in [9.17, 15) is 9.90 Å². The van der Waals surface area contributed by atoms with E-state index >= 15 is 0 Å². The molecule has 1 N–H and O–H groups in total. The zero-order chi connectivity index (χ0) is 14.0. The van der Waals surface area contributed by atoms with Gasteiger partial charge in [0.2, 0.25) is 0 Å². The number of rotatable bonds is 10. The summed E-state index contributed by atoms with van der Waals surface area (Å²) in [6, 6.07) is 0. The Kier molecular flexibility index (Phi) is 9.08. The molecule has 1 atom stereocenters. The average Bonchev–Trinajstić information content (AvgIpc) is 2.26. The third-order valence-electron chi connectivity index (χ3n) is 3.02. The molecule has 0 saturated carbocycles. The van der Waals surface area contributed by atoms with Gasteiger partial charge in [-0.05, 0) is 33.6 Å². The Labute approximate surface area is 112 Å². The SMILES string of the molecule is CCCCCCCCCC(C)OC(=O)C(C)(C)O. The molecule has 3 heteroatoms. The van der Waals surface area contributed by atoms with Crippen LogP contribution in [-0.2, 0) is 9.53 Å². The van der Waals surface area contributed by atoms with E-state index < -0.39 is 11.6 Å². The van der Waals surface area contributed by atoms with Crippen molar-refractivity contribution in [3.05, 3.63) is 0 Å². The molecule has 0 aromatic carbocycles. The summed E-state index contributed by atoms with van der Waals surface area (Å²) in [6.45, 7) is 7.02. The van der Waals surface area contributed by atoms with Crippen LogP contribution in [0.1, 0.15) is 79.1 Å². The lowest BCUT2D eigenvalue weighted by molar-refractivity contribution is -0.166. The first-order valence-electron chi connectivity index (χ1n) is 7.31. The zero-order valence-electron chi connectivity index (χ0n) is 12.5. The molecule has 0 amide bonds. The molecular weight excluding hydrogens is 228 g/mol. The van der Waals surface area contributed by atoms with Gasteiger partial charge in [0.15, 0.2) is 5.60 Å². The molecule has 3 nitrogen and oxygen atoms in total. The van der Waals surface area contributed by atoms with Crippen molar-refractivity contribution >= 4 is 5.97 Å². The predicted octanol–water partition coefficient (Wildman–Crippen LogP) is 3.83. The van der Waals surface area contributed by atoms with Crippen LogP contribution in [0.25, 0.3) is 0 Å². The van der Waals surface area contributed by atoms with E-state index in [2.05, 4.69) is 6.92 Å². The summed E-state index contributed by atoms with van der Waals surface area (Å²) in [4.78, 5) is 11.4. The fraction of sp³-hybridized carbons (Fsp3) is 0.933. The van der Waals surface area contributed by atoms with Crippen LogP contribution >= 0.6 is 0 Å². The Bertz CT molecular complexity index is 218. The van der Waals surface area contributed by atoms with Crippen LogP contribution in [0.15, 0.2) is 0 Å². The summed E-state index contributed by atoms with van der Waals surface area (Å²) >= 11 is 0. The number of hydrogen-bond acceptors (Lipinski definition) is 3. The van der Waals surface area contributed by atoms with Gasteiger partial charge in [0.25, 0.3) is 0 Å². The van der Waals surface area contributed by atoms with Crippen molar-refractivity contribution in [2.24, 2.45) is 0 Å². The highest BCUT2D eigenvalue weighted by Gasteiger charge is 2.26. The van der Waals surface area contributed by atoms with Crippen LogP contribution in [0, 0.1) is 0 Å². The van der Waals surface area contributed by atoms with Crippen LogP contribution in [-0.4, -0.2) is 22.8 Å². The highest BCUT2D eigenvalue weighted by Crippen LogP contribution is 2.13. The summed E-state index contributed by atoms with van der Waals surface area (Å²) in [6.07, 6.45) is 9.61. The van der Waals surface area contributed by atoms with Gasteiger partial charge in [0.05, 0.1) is 6.10 Å². The molecule has 18 heavy (non-hydrogen) atoms. The Hall–Kier alpha value is -0.570. The Morgan fingerprint density at radius 3 is 2.11 bits per heavy atom. The Balaban J connectivity index is 3.48. The standard InChI is InChI=1S/C15H30O3/c1-5-6-7-8-9-10-11-12-13(2)18-14(16)15(3,4)17/h13,17H,5-12H2,1-4H3. The predicted molar refractivity (Wildman–Crippen MR) is 74.5 cm³/mol. The summed E-state index contributed by atoms with van der Waals surface area (Å²) in [5.74, 6) is -0.530. The Morgan fingerprint density at radius 1 is 1.11 bits per heavy atom. The number of ether oxygens (including phenoxy) is 1. The van der Waals surface area contributed by atoms with E-state index in [4.69, 9.17) is 4.74 Å². The summed E-state index contributed by atoms with van der Waals surface area (Å²) in [5.41, 5.74) is -1.38. The van der Waals surface area contributed by atoms with Crippen LogP contribution in [0.3, 0.4) is 0 Å². The second-order valence-corrected chi connectivity index (χ2v) is 5.68. The highest BCUT2D eigenvalue weighted by molar-refractivity contribution is 5.78. The Morgan fingerprint density at radius 2 is 1.61 bits per heavy atom. The van der Waals surface area contributed by atoms with E-state index in [0.717, 1.165) is 12.8 Å².